The van der Waals surface area contributed by atoms with Gasteiger partial charge in [-0.15, -0.1) is 5.10 Å². The van der Waals surface area contributed by atoms with Gasteiger partial charge in [-0.3, -0.25) is 0 Å². The highest BCUT2D eigenvalue weighted by Crippen LogP contribution is 2.29. The van der Waals surface area contributed by atoms with E-state index in [0.717, 1.165) is 35.5 Å². The topological polar surface area (TPSA) is 67.4 Å². The Hall–Kier alpha value is -3.02. The number of aromatic nitrogens is 2. The van der Waals surface area contributed by atoms with Crippen LogP contribution < -0.4 is 10.6 Å². The highest BCUT2D eigenvalue weighted by molar-refractivity contribution is 5.92. The monoisotopic (exact) mass is 335 g/mol. The Labute approximate surface area is 146 Å². The minimum Gasteiger partial charge on any atom is -0.351 e. The van der Waals surface area contributed by atoms with E-state index in [9.17, 15) is 4.79 Å². The maximum Gasteiger partial charge on any atom is 0.314 e. The molecule has 1 aliphatic rings. The first-order valence-corrected chi connectivity index (χ1v) is 8.47. The Balaban J connectivity index is 1.73. The van der Waals surface area contributed by atoms with Crippen molar-refractivity contribution in [1.82, 2.24) is 14.7 Å². The van der Waals surface area contributed by atoms with Crippen molar-refractivity contribution in [1.29, 1.82) is 0 Å². The number of nitrogens with zero attached hydrogens (tertiary/aromatic N) is 4. The molecular formula is C19H21N5O. The summed E-state index contributed by atoms with van der Waals surface area (Å²) in [4.78, 5) is 15.2. The van der Waals surface area contributed by atoms with Gasteiger partial charge in [0.15, 0.2) is 5.82 Å². The fraction of sp³-hybridized carbons (Fsp3) is 0.263. The standard InChI is InChI=1S/C19H21N5O/c1-14-6-8-15(9-7-14)24-17-5-3-2-4-16(17)18(21-24)22-10-12-23(13-11-22)19(20)25/h2-9H,10-13H2,1H3,(H2,20,25). The highest BCUT2D eigenvalue weighted by Gasteiger charge is 2.23. The molecule has 1 aromatic heterocycles. The van der Waals surface area contributed by atoms with Crippen LogP contribution in [-0.4, -0.2) is 46.9 Å². The van der Waals surface area contributed by atoms with Crippen LogP contribution in [-0.2, 0) is 0 Å². The number of fused-ring (bicyclic) bond motifs is 1. The molecule has 0 spiro atoms. The van der Waals surface area contributed by atoms with E-state index in [1.165, 1.54) is 5.56 Å². The molecule has 0 saturated carbocycles. The number of carbonyl (C=O) groups is 1. The van der Waals surface area contributed by atoms with Gasteiger partial charge in [0, 0.05) is 31.6 Å². The van der Waals surface area contributed by atoms with Crippen molar-refractivity contribution >= 4 is 22.8 Å². The summed E-state index contributed by atoms with van der Waals surface area (Å²) in [6, 6.07) is 16.3. The number of para-hydroxylation sites is 1. The van der Waals surface area contributed by atoms with E-state index in [4.69, 9.17) is 10.8 Å². The van der Waals surface area contributed by atoms with Gasteiger partial charge in [-0.05, 0) is 31.2 Å². The first kappa shape index (κ1) is 15.5. The molecule has 0 aliphatic carbocycles. The number of anilines is 1. The van der Waals surface area contributed by atoms with Gasteiger partial charge >= 0.3 is 6.03 Å². The van der Waals surface area contributed by atoms with E-state index in [2.05, 4.69) is 48.2 Å². The number of piperazine rings is 1. The number of hydrogen-bond acceptors (Lipinski definition) is 3. The molecule has 128 valence electrons. The van der Waals surface area contributed by atoms with Crippen molar-refractivity contribution in [3.8, 4) is 5.69 Å². The lowest BCUT2D eigenvalue weighted by Gasteiger charge is -2.34. The molecule has 25 heavy (non-hydrogen) atoms. The number of urea groups is 1. The van der Waals surface area contributed by atoms with Crippen LogP contribution in [0.1, 0.15) is 5.56 Å². The second-order valence-corrected chi connectivity index (χ2v) is 6.40. The zero-order valence-corrected chi connectivity index (χ0v) is 14.2. The van der Waals surface area contributed by atoms with Crippen molar-refractivity contribution in [3.05, 3.63) is 54.1 Å². The number of rotatable bonds is 2. The predicted octanol–water partition coefficient (Wildman–Crippen LogP) is 2.53. The summed E-state index contributed by atoms with van der Waals surface area (Å²) >= 11 is 0. The molecule has 0 radical (unpaired) electrons. The molecule has 4 rings (SSSR count). The fourth-order valence-corrected chi connectivity index (χ4v) is 3.30. The predicted molar refractivity (Wildman–Crippen MR) is 99.2 cm³/mol. The molecule has 3 aromatic rings. The lowest BCUT2D eigenvalue weighted by molar-refractivity contribution is 0.204. The molecule has 0 bridgehead atoms. The van der Waals surface area contributed by atoms with Crippen LogP contribution in [0.15, 0.2) is 48.5 Å². The average molecular weight is 335 g/mol. The second kappa shape index (κ2) is 6.12. The maximum absolute atomic E-state index is 11.3. The molecule has 2 heterocycles. The molecule has 1 saturated heterocycles. The maximum atomic E-state index is 11.3. The summed E-state index contributed by atoms with van der Waals surface area (Å²) in [5, 5.41) is 6.01. The van der Waals surface area contributed by atoms with Gasteiger partial charge in [0.25, 0.3) is 0 Å². The van der Waals surface area contributed by atoms with Crippen LogP contribution in [0.5, 0.6) is 0 Å². The van der Waals surface area contributed by atoms with Gasteiger partial charge < -0.3 is 15.5 Å². The van der Waals surface area contributed by atoms with Gasteiger partial charge in [0.05, 0.1) is 11.2 Å². The number of hydrogen-bond donors (Lipinski definition) is 1. The number of aryl methyl sites for hydroxylation is 1. The largest absolute Gasteiger partial charge is 0.351 e. The second-order valence-electron chi connectivity index (χ2n) is 6.40. The molecule has 0 atom stereocenters. The molecule has 6 nitrogen and oxygen atoms in total. The summed E-state index contributed by atoms with van der Waals surface area (Å²) in [6.45, 7) is 4.80. The van der Waals surface area contributed by atoms with E-state index in [1.807, 2.05) is 16.8 Å². The van der Waals surface area contributed by atoms with Crippen molar-refractivity contribution in [2.24, 2.45) is 5.73 Å². The van der Waals surface area contributed by atoms with Crippen molar-refractivity contribution in [2.75, 3.05) is 31.1 Å². The van der Waals surface area contributed by atoms with Crippen molar-refractivity contribution < 1.29 is 4.79 Å². The van der Waals surface area contributed by atoms with Gasteiger partial charge in [-0.1, -0.05) is 29.8 Å². The lowest BCUT2D eigenvalue weighted by Crippen LogP contribution is -2.50. The van der Waals surface area contributed by atoms with Crippen LogP contribution in [0.2, 0.25) is 0 Å². The number of nitrogens with two attached hydrogens (primary N) is 1. The Morgan fingerprint density at radius 1 is 1.00 bits per heavy atom. The molecular weight excluding hydrogens is 314 g/mol. The van der Waals surface area contributed by atoms with E-state index in [-0.39, 0.29) is 6.03 Å². The SMILES string of the molecule is Cc1ccc(-n2nc(N3CCN(C(N)=O)CC3)c3ccccc32)cc1. The number of primary amides is 1. The molecule has 2 amide bonds. The van der Waals surface area contributed by atoms with E-state index < -0.39 is 0 Å². The Bertz CT molecular complexity index is 907. The molecule has 2 aromatic carbocycles. The zero-order valence-electron chi connectivity index (χ0n) is 14.2. The molecule has 0 unspecified atom stereocenters. The number of carbonyl (C=O) groups excluding carboxylic acids is 1. The summed E-state index contributed by atoms with van der Waals surface area (Å²) in [5.41, 5.74) is 8.74. The van der Waals surface area contributed by atoms with Crippen LogP contribution in [0.4, 0.5) is 10.6 Å². The van der Waals surface area contributed by atoms with Crippen molar-refractivity contribution in [2.45, 2.75) is 6.92 Å². The van der Waals surface area contributed by atoms with Crippen LogP contribution >= 0.6 is 0 Å². The smallest absolute Gasteiger partial charge is 0.314 e. The van der Waals surface area contributed by atoms with Crippen LogP contribution in [0.25, 0.3) is 16.6 Å². The molecule has 1 fully saturated rings. The van der Waals surface area contributed by atoms with Crippen LogP contribution in [0, 0.1) is 6.92 Å². The summed E-state index contributed by atoms with van der Waals surface area (Å²) in [7, 11) is 0. The van der Waals surface area contributed by atoms with E-state index in [0.29, 0.717) is 13.1 Å². The van der Waals surface area contributed by atoms with Gasteiger partial charge in [-0.2, -0.15) is 0 Å². The van der Waals surface area contributed by atoms with Gasteiger partial charge in [-0.25, -0.2) is 9.48 Å². The highest BCUT2D eigenvalue weighted by atomic mass is 16.2. The minimum atomic E-state index is -0.352. The molecule has 2 N–H and O–H groups in total. The average Bonchev–Trinajstić information content (AvgIpc) is 3.02. The fourth-order valence-electron chi connectivity index (χ4n) is 3.30. The first-order chi connectivity index (χ1) is 12.1. The third-order valence-electron chi connectivity index (χ3n) is 4.74. The normalized spacial score (nSPS) is 14.9. The number of benzene rings is 2. The molecule has 6 heteroatoms. The van der Waals surface area contributed by atoms with Gasteiger partial charge in [0.1, 0.15) is 0 Å². The Morgan fingerprint density at radius 3 is 2.36 bits per heavy atom. The molecule has 1 aliphatic heterocycles. The quantitative estimate of drug-likeness (QED) is 0.782. The van der Waals surface area contributed by atoms with E-state index in [1.54, 1.807) is 4.90 Å². The summed E-state index contributed by atoms with van der Waals surface area (Å²) < 4.78 is 1.99. The third-order valence-corrected chi connectivity index (χ3v) is 4.74. The van der Waals surface area contributed by atoms with Crippen molar-refractivity contribution in [3.63, 3.8) is 0 Å². The minimum absolute atomic E-state index is 0.352. The summed E-state index contributed by atoms with van der Waals surface area (Å²) in [5.74, 6) is 0.959. The first-order valence-electron chi connectivity index (χ1n) is 8.47. The van der Waals surface area contributed by atoms with Crippen LogP contribution in [0.3, 0.4) is 0 Å². The Morgan fingerprint density at radius 2 is 1.68 bits per heavy atom. The zero-order chi connectivity index (χ0) is 17.4. The Kier molecular flexibility index (Phi) is 3.80. The lowest BCUT2D eigenvalue weighted by atomic mass is 10.2. The van der Waals surface area contributed by atoms with Gasteiger partial charge in [0.2, 0.25) is 0 Å². The summed E-state index contributed by atoms with van der Waals surface area (Å²) in [6.07, 6.45) is 0. The van der Waals surface area contributed by atoms with E-state index >= 15 is 0 Å². The third kappa shape index (κ3) is 2.80. The number of amides is 2.